The molecule has 0 saturated carbocycles. The molecule has 5 aromatic rings. The number of nitrogens with zero attached hydrogens (tertiary/aromatic N) is 2. The van der Waals surface area contributed by atoms with E-state index >= 15 is 0 Å². The summed E-state index contributed by atoms with van der Waals surface area (Å²) in [7, 11) is 1.58. The average molecular weight is 421 g/mol. The number of hydrogen-bond acceptors (Lipinski definition) is 5. The molecule has 0 unspecified atom stereocenters. The number of anilines is 2. The van der Waals surface area contributed by atoms with Crippen LogP contribution in [0.3, 0.4) is 0 Å². The van der Waals surface area contributed by atoms with Crippen LogP contribution < -0.4 is 10.6 Å². The van der Waals surface area contributed by atoms with Gasteiger partial charge in [-0.3, -0.25) is 9.59 Å². The Balaban J connectivity index is 1.60. The fraction of sp³-hybridized carbons (Fsp3) is 0.0400. The molecule has 0 bridgehead atoms. The highest BCUT2D eigenvalue weighted by molar-refractivity contribution is 6.22. The van der Waals surface area contributed by atoms with Crippen LogP contribution in [-0.4, -0.2) is 33.7 Å². The van der Waals surface area contributed by atoms with Crippen molar-refractivity contribution in [3.05, 3.63) is 95.9 Å². The predicted molar refractivity (Wildman–Crippen MR) is 124 cm³/mol. The van der Waals surface area contributed by atoms with Gasteiger partial charge in [0, 0.05) is 30.1 Å². The maximum Gasteiger partial charge on any atom is 0.251 e. The molecule has 5 rings (SSSR count). The molecular formula is C25H19N5O2. The molecule has 0 spiro atoms. The first-order chi connectivity index (χ1) is 15.7. The number of H-pyrrole nitrogens is 1. The van der Waals surface area contributed by atoms with E-state index in [-0.39, 0.29) is 11.7 Å². The highest BCUT2D eigenvalue weighted by Gasteiger charge is 2.20. The van der Waals surface area contributed by atoms with Gasteiger partial charge in [-0.1, -0.05) is 48.5 Å². The van der Waals surface area contributed by atoms with E-state index in [9.17, 15) is 9.59 Å². The lowest BCUT2D eigenvalue weighted by molar-refractivity contribution is 0.0962. The Hall–Kier alpha value is -4.52. The summed E-state index contributed by atoms with van der Waals surface area (Å²) in [5.41, 5.74) is 2.83. The van der Waals surface area contributed by atoms with Gasteiger partial charge in [0.25, 0.3) is 5.91 Å². The molecule has 0 atom stereocenters. The van der Waals surface area contributed by atoms with E-state index in [0.29, 0.717) is 39.2 Å². The number of fused-ring (bicyclic) bond motifs is 2. The predicted octanol–water partition coefficient (Wildman–Crippen LogP) is 4.45. The van der Waals surface area contributed by atoms with Crippen LogP contribution in [0.1, 0.15) is 26.3 Å². The van der Waals surface area contributed by atoms with Crippen LogP contribution >= 0.6 is 0 Å². The van der Waals surface area contributed by atoms with Crippen molar-refractivity contribution in [3.8, 4) is 0 Å². The zero-order valence-corrected chi connectivity index (χ0v) is 17.2. The second-order valence-electron chi connectivity index (χ2n) is 7.29. The first-order valence-corrected chi connectivity index (χ1v) is 10.1. The van der Waals surface area contributed by atoms with Gasteiger partial charge in [-0.2, -0.15) is 0 Å². The van der Waals surface area contributed by atoms with E-state index in [1.807, 2.05) is 48.5 Å². The lowest BCUT2D eigenvalue weighted by Crippen LogP contribution is -2.17. The maximum absolute atomic E-state index is 13.6. The van der Waals surface area contributed by atoms with E-state index < -0.39 is 0 Å². The van der Waals surface area contributed by atoms with Crippen LogP contribution in [-0.2, 0) is 0 Å². The van der Waals surface area contributed by atoms with Crippen molar-refractivity contribution in [1.29, 1.82) is 0 Å². The normalized spacial score (nSPS) is 10.9. The van der Waals surface area contributed by atoms with E-state index in [1.165, 1.54) is 6.33 Å². The first kappa shape index (κ1) is 19.4. The van der Waals surface area contributed by atoms with Gasteiger partial charge in [0.2, 0.25) is 0 Å². The number of carbonyl (C=O) groups excluding carboxylic acids is 2. The number of rotatable bonds is 5. The second kappa shape index (κ2) is 7.96. The van der Waals surface area contributed by atoms with Crippen molar-refractivity contribution in [2.45, 2.75) is 0 Å². The van der Waals surface area contributed by atoms with Crippen molar-refractivity contribution < 1.29 is 9.59 Å². The number of aromatic nitrogens is 3. The molecule has 0 fully saturated rings. The SMILES string of the molecule is CNC(=O)c1cccc(Nc2ncnc3[nH]cc(C(=O)c4cccc5ccccc45)c23)c1. The summed E-state index contributed by atoms with van der Waals surface area (Å²) in [6.07, 6.45) is 3.09. The Morgan fingerprint density at radius 1 is 0.906 bits per heavy atom. The van der Waals surface area contributed by atoms with Crippen LogP contribution in [0.5, 0.6) is 0 Å². The zero-order chi connectivity index (χ0) is 22.1. The third-order valence-corrected chi connectivity index (χ3v) is 5.36. The molecule has 1 amide bonds. The van der Waals surface area contributed by atoms with Gasteiger partial charge in [-0.05, 0) is 29.0 Å². The summed E-state index contributed by atoms with van der Waals surface area (Å²) in [6.45, 7) is 0. The van der Waals surface area contributed by atoms with Crippen LogP contribution in [0, 0.1) is 0 Å². The summed E-state index contributed by atoms with van der Waals surface area (Å²) in [4.78, 5) is 37.3. The van der Waals surface area contributed by atoms with Crippen molar-refractivity contribution in [1.82, 2.24) is 20.3 Å². The van der Waals surface area contributed by atoms with E-state index in [0.717, 1.165) is 10.8 Å². The molecule has 2 heterocycles. The number of benzene rings is 3. The third-order valence-electron chi connectivity index (χ3n) is 5.36. The van der Waals surface area contributed by atoms with Crippen LogP contribution in [0.15, 0.2) is 79.3 Å². The highest BCUT2D eigenvalue weighted by Crippen LogP contribution is 2.30. The lowest BCUT2D eigenvalue weighted by atomic mass is 9.97. The smallest absolute Gasteiger partial charge is 0.251 e. The second-order valence-corrected chi connectivity index (χ2v) is 7.29. The molecular weight excluding hydrogens is 402 g/mol. The number of ketones is 1. The molecule has 0 aliphatic rings. The summed E-state index contributed by atoms with van der Waals surface area (Å²) in [6, 6.07) is 20.6. The first-order valence-electron chi connectivity index (χ1n) is 10.1. The van der Waals surface area contributed by atoms with Gasteiger partial charge in [0.1, 0.15) is 17.8 Å². The average Bonchev–Trinajstić information content (AvgIpc) is 3.28. The molecule has 0 aliphatic heterocycles. The minimum atomic E-state index is -0.185. The van der Waals surface area contributed by atoms with Crippen LogP contribution in [0.2, 0.25) is 0 Å². The molecule has 7 nitrogen and oxygen atoms in total. The standard InChI is InChI=1S/C25H19N5O2/c1-26-25(32)16-8-4-9-17(12-16)30-24-21-20(13-27-23(21)28-14-29-24)22(31)19-11-5-7-15-6-2-3-10-18(15)19/h2-14H,1H3,(H,26,32)(H2,27,28,29,30). The Labute approximate surface area is 183 Å². The number of amides is 1. The van der Waals surface area contributed by atoms with Crippen molar-refractivity contribution in [3.63, 3.8) is 0 Å². The van der Waals surface area contributed by atoms with Gasteiger partial charge in [-0.15, -0.1) is 0 Å². The Bertz CT molecular complexity index is 1480. The van der Waals surface area contributed by atoms with Crippen molar-refractivity contribution >= 4 is 45.0 Å². The van der Waals surface area contributed by atoms with E-state index in [1.54, 1.807) is 31.4 Å². The fourth-order valence-corrected chi connectivity index (χ4v) is 3.82. The van der Waals surface area contributed by atoms with Gasteiger partial charge >= 0.3 is 0 Å². The van der Waals surface area contributed by atoms with Gasteiger partial charge < -0.3 is 15.6 Å². The maximum atomic E-state index is 13.6. The van der Waals surface area contributed by atoms with Crippen molar-refractivity contribution in [2.24, 2.45) is 0 Å². The van der Waals surface area contributed by atoms with Crippen LogP contribution in [0.4, 0.5) is 11.5 Å². The summed E-state index contributed by atoms with van der Waals surface area (Å²) in [5.74, 6) is 0.175. The molecule has 3 N–H and O–H groups in total. The summed E-state index contributed by atoms with van der Waals surface area (Å²) in [5, 5.41) is 8.33. The van der Waals surface area contributed by atoms with E-state index in [2.05, 4.69) is 25.6 Å². The molecule has 32 heavy (non-hydrogen) atoms. The quantitative estimate of drug-likeness (QED) is 0.364. The monoisotopic (exact) mass is 421 g/mol. The van der Waals surface area contributed by atoms with Gasteiger partial charge in [0.05, 0.1) is 10.9 Å². The largest absolute Gasteiger partial charge is 0.355 e. The molecule has 2 aromatic heterocycles. The Morgan fingerprint density at radius 2 is 1.72 bits per heavy atom. The van der Waals surface area contributed by atoms with Gasteiger partial charge in [0.15, 0.2) is 5.78 Å². The number of nitrogens with one attached hydrogen (secondary N) is 3. The molecule has 0 radical (unpaired) electrons. The topological polar surface area (TPSA) is 99.8 Å². The zero-order valence-electron chi connectivity index (χ0n) is 17.2. The van der Waals surface area contributed by atoms with E-state index in [4.69, 9.17) is 0 Å². The summed E-state index contributed by atoms with van der Waals surface area (Å²) >= 11 is 0. The fourth-order valence-electron chi connectivity index (χ4n) is 3.82. The highest BCUT2D eigenvalue weighted by atomic mass is 16.1. The number of aromatic amines is 1. The van der Waals surface area contributed by atoms with Crippen molar-refractivity contribution in [2.75, 3.05) is 12.4 Å². The number of hydrogen-bond donors (Lipinski definition) is 3. The van der Waals surface area contributed by atoms with Crippen LogP contribution in [0.25, 0.3) is 21.8 Å². The molecule has 0 saturated heterocycles. The minimum absolute atomic E-state index is 0.120. The third kappa shape index (κ3) is 3.35. The Morgan fingerprint density at radius 3 is 2.59 bits per heavy atom. The molecule has 156 valence electrons. The lowest BCUT2D eigenvalue weighted by Gasteiger charge is -2.10. The summed E-state index contributed by atoms with van der Waals surface area (Å²) < 4.78 is 0. The molecule has 0 aliphatic carbocycles. The Kier molecular flexibility index (Phi) is 4.84. The van der Waals surface area contributed by atoms with Gasteiger partial charge in [-0.25, -0.2) is 9.97 Å². The molecule has 7 heteroatoms. The minimum Gasteiger partial charge on any atom is -0.355 e. The molecule has 3 aromatic carbocycles. The number of carbonyl (C=O) groups is 2.